The molecule has 0 spiro atoms. The van der Waals surface area contributed by atoms with Gasteiger partial charge in [-0.3, -0.25) is 9.59 Å². The van der Waals surface area contributed by atoms with E-state index in [2.05, 4.69) is 5.32 Å². The molecule has 32 heavy (non-hydrogen) atoms. The quantitative estimate of drug-likeness (QED) is 0.659. The largest absolute Gasteiger partial charge is 0.497 e. The van der Waals surface area contributed by atoms with E-state index >= 15 is 0 Å². The molecule has 0 unspecified atom stereocenters. The molecule has 0 bridgehead atoms. The summed E-state index contributed by atoms with van der Waals surface area (Å²) in [6.07, 6.45) is 2.39. The third-order valence-corrected chi connectivity index (χ3v) is 8.23. The predicted molar refractivity (Wildman–Crippen MR) is 121 cm³/mol. The van der Waals surface area contributed by atoms with E-state index in [9.17, 15) is 18.0 Å². The Bertz CT molecular complexity index is 1140. The van der Waals surface area contributed by atoms with E-state index in [1.165, 1.54) is 0 Å². The van der Waals surface area contributed by atoms with E-state index in [-0.39, 0.29) is 29.0 Å². The first-order valence-corrected chi connectivity index (χ1v) is 12.4. The summed E-state index contributed by atoms with van der Waals surface area (Å²) in [5.74, 6) is 0.633. The summed E-state index contributed by atoms with van der Waals surface area (Å²) >= 11 is 0. The Morgan fingerprint density at radius 1 is 1.19 bits per heavy atom. The number of anilines is 1. The normalized spacial score (nSPS) is 16.4. The molecule has 1 atom stereocenters. The van der Waals surface area contributed by atoms with Gasteiger partial charge in [0.25, 0.3) is 0 Å². The van der Waals surface area contributed by atoms with Crippen molar-refractivity contribution in [1.29, 1.82) is 0 Å². The highest BCUT2D eigenvalue weighted by Crippen LogP contribution is 2.37. The van der Waals surface area contributed by atoms with Crippen LogP contribution in [0, 0.1) is 5.92 Å². The van der Waals surface area contributed by atoms with E-state index in [1.807, 2.05) is 24.3 Å². The molecular weight excluding hydrogens is 428 g/mol. The van der Waals surface area contributed by atoms with Crippen LogP contribution in [0.25, 0.3) is 0 Å². The van der Waals surface area contributed by atoms with Gasteiger partial charge in [-0.25, -0.2) is 8.42 Å². The highest BCUT2D eigenvalue weighted by molar-refractivity contribution is 7.92. The van der Waals surface area contributed by atoms with Gasteiger partial charge < -0.3 is 15.0 Å². The maximum atomic E-state index is 13.1. The van der Waals surface area contributed by atoms with Crippen LogP contribution in [0.3, 0.4) is 0 Å². The Hall–Kier alpha value is -2.87. The molecule has 1 fully saturated rings. The monoisotopic (exact) mass is 456 g/mol. The summed E-state index contributed by atoms with van der Waals surface area (Å²) in [5, 5.41) is 1.91. The first-order valence-electron chi connectivity index (χ1n) is 10.9. The van der Waals surface area contributed by atoms with Gasteiger partial charge >= 0.3 is 0 Å². The molecule has 1 aliphatic carbocycles. The number of nitrogens with one attached hydrogen (secondary N) is 1. The van der Waals surface area contributed by atoms with Gasteiger partial charge in [-0.2, -0.15) is 0 Å². The zero-order chi connectivity index (χ0) is 22.9. The van der Waals surface area contributed by atoms with Crippen LogP contribution in [0.1, 0.15) is 37.3 Å². The van der Waals surface area contributed by atoms with Crippen LogP contribution in [0.4, 0.5) is 5.69 Å². The minimum Gasteiger partial charge on any atom is -0.497 e. The predicted octanol–water partition coefficient (Wildman–Crippen LogP) is 2.86. The van der Waals surface area contributed by atoms with E-state index in [4.69, 9.17) is 4.74 Å². The highest BCUT2D eigenvalue weighted by atomic mass is 32.2. The lowest BCUT2D eigenvalue weighted by Crippen LogP contribution is -2.30. The molecule has 1 saturated carbocycles. The van der Waals surface area contributed by atoms with Crippen LogP contribution in [-0.4, -0.2) is 39.1 Å². The minimum atomic E-state index is -3.68. The van der Waals surface area contributed by atoms with Crippen LogP contribution in [0.5, 0.6) is 5.75 Å². The molecule has 2 amide bonds. The van der Waals surface area contributed by atoms with Crippen molar-refractivity contribution in [2.24, 2.45) is 5.92 Å². The van der Waals surface area contributed by atoms with Crippen molar-refractivity contribution >= 4 is 27.3 Å². The van der Waals surface area contributed by atoms with Gasteiger partial charge in [-0.1, -0.05) is 12.1 Å². The van der Waals surface area contributed by atoms with Crippen LogP contribution >= 0.6 is 0 Å². The number of amides is 2. The first-order chi connectivity index (χ1) is 15.3. The van der Waals surface area contributed by atoms with Crippen molar-refractivity contribution in [3.63, 3.8) is 0 Å². The van der Waals surface area contributed by atoms with Crippen LogP contribution in [0.15, 0.2) is 47.4 Å². The fourth-order valence-electron chi connectivity index (χ4n) is 3.99. The maximum Gasteiger partial charge on any atom is 0.230 e. The molecule has 2 aliphatic rings. The lowest BCUT2D eigenvalue weighted by molar-refractivity contribution is -0.121. The average molecular weight is 457 g/mol. The summed E-state index contributed by atoms with van der Waals surface area (Å²) in [5.41, 5.74) is 2.55. The van der Waals surface area contributed by atoms with Gasteiger partial charge in [0.2, 0.25) is 11.8 Å². The number of hydrogen-bond acceptors (Lipinski definition) is 5. The molecule has 1 aliphatic heterocycles. The fraction of sp³-hybridized carbons (Fsp3) is 0.417. The number of carbonyl (C=O) groups is 2. The van der Waals surface area contributed by atoms with Crippen molar-refractivity contribution in [2.75, 3.05) is 18.6 Å². The van der Waals surface area contributed by atoms with Crippen molar-refractivity contribution in [1.82, 2.24) is 5.32 Å². The second-order valence-electron chi connectivity index (χ2n) is 8.49. The number of benzene rings is 2. The molecule has 2 aromatic rings. The number of rotatable bonds is 8. The van der Waals surface area contributed by atoms with Crippen LogP contribution < -0.4 is 15.0 Å². The lowest BCUT2D eigenvalue weighted by Gasteiger charge is -2.18. The molecule has 0 aromatic heterocycles. The van der Waals surface area contributed by atoms with Crippen molar-refractivity contribution < 1.29 is 22.7 Å². The van der Waals surface area contributed by atoms with Crippen molar-refractivity contribution in [2.45, 2.75) is 49.3 Å². The number of carbonyl (C=O) groups excluding carboxylic acids is 2. The second kappa shape index (κ2) is 8.94. The van der Waals surface area contributed by atoms with Gasteiger partial charge in [0.05, 0.1) is 17.3 Å². The summed E-state index contributed by atoms with van der Waals surface area (Å²) in [4.78, 5) is 26.8. The SMILES string of the molecule is COc1cccc(CNC(=O)C[C@@H](C)S(=O)(=O)c2ccc3c(c2)CCN3C(=O)C2CC2)c1. The number of fused-ring (bicyclic) bond motifs is 1. The number of ether oxygens (including phenoxy) is 1. The topological polar surface area (TPSA) is 92.8 Å². The Morgan fingerprint density at radius 2 is 1.97 bits per heavy atom. The van der Waals surface area contributed by atoms with Crippen molar-refractivity contribution in [3.05, 3.63) is 53.6 Å². The molecule has 2 aromatic carbocycles. The Kier molecular flexibility index (Phi) is 6.24. The number of sulfone groups is 1. The Balaban J connectivity index is 1.39. The average Bonchev–Trinajstić information content (AvgIpc) is 3.56. The fourth-order valence-corrected chi connectivity index (χ4v) is 5.39. The minimum absolute atomic E-state index is 0.125. The van der Waals surface area contributed by atoms with E-state index in [0.29, 0.717) is 25.3 Å². The van der Waals surface area contributed by atoms with E-state index in [0.717, 1.165) is 29.7 Å². The summed E-state index contributed by atoms with van der Waals surface area (Å²) in [7, 11) is -2.10. The first kappa shape index (κ1) is 22.3. The molecule has 4 rings (SSSR count). The third kappa shape index (κ3) is 4.65. The van der Waals surface area contributed by atoms with E-state index < -0.39 is 15.1 Å². The summed E-state index contributed by atoms with van der Waals surface area (Å²) in [6, 6.07) is 12.3. The molecule has 7 nitrogen and oxygen atoms in total. The number of nitrogens with zero attached hydrogens (tertiary/aromatic N) is 1. The molecule has 8 heteroatoms. The molecule has 1 heterocycles. The van der Waals surface area contributed by atoms with E-state index in [1.54, 1.807) is 37.1 Å². The Labute approximate surface area is 188 Å². The van der Waals surface area contributed by atoms with Gasteiger partial charge in [0.15, 0.2) is 9.84 Å². The third-order valence-electron chi connectivity index (χ3n) is 6.09. The zero-order valence-corrected chi connectivity index (χ0v) is 19.2. The molecule has 0 saturated heterocycles. The van der Waals surface area contributed by atoms with Gasteiger partial charge in [0.1, 0.15) is 5.75 Å². The van der Waals surface area contributed by atoms with Gasteiger partial charge in [0, 0.05) is 31.1 Å². The number of hydrogen-bond donors (Lipinski definition) is 1. The molecule has 170 valence electrons. The molecule has 0 radical (unpaired) electrons. The zero-order valence-electron chi connectivity index (χ0n) is 18.3. The maximum absolute atomic E-state index is 13.1. The second-order valence-corrected chi connectivity index (χ2v) is 10.9. The molecular formula is C24H28N2O5S. The number of methoxy groups -OCH3 is 1. The summed E-state index contributed by atoms with van der Waals surface area (Å²) in [6.45, 7) is 2.44. The standard InChI is InChI=1S/C24H28N2O5S/c1-16(12-23(27)25-15-17-4-3-5-20(13-17)31-2)32(29,30)21-8-9-22-19(14-21)10-11-26(22)24(28)18-6-7-18/h3-5,8-9,13-14,16,18H,6-7,10-12,15H2,1-2H3,(H,25,27)/t16-/m1/s1. The van der Waals surface area contributed by atoms with Crippen LogP contribution in [0.2, 0.25) is 0 Å². The highest BCUT2D eigenvalue weighted by Gasteiger charge is 2.37. The lowest BCUT2D eigenvalue weighted by atomic mass is 10.2. The summed E-state index contributed by atoms with van der Waals surface area (Å²) < 4.78 is 31.3. The van der Waals surface area contributed by atoms with Gasteiger partial charge in [-0.05, 0) is 67.6 Å². The van der Waals surface area contributed by atoms with Gasteiger partial charge in [-0.15, -0.1) is 0 Å². The molecule has 1 N–H and O–H groups in total. The smallest absolute Gasteiger partial charge is 0.230 e. The Morgan fingerprint density at radius 3 is 2.69 bits per heavy atom. The van der Waals surface area contributed by atoms with Crippen molar-refractivity contribution in [3.8, 4) is 5.75 Å². The van der Waals surface area contributed by atoms with Crippen LogP contribution in [-0.2, 0) is 32.4 Å².